The van der Waals surface area contributed by atoms with E-state index < -0.39 is 0 Å². The monoisotopic (exact) mass is 403 g/mol. The van der Waals surface area contributed by atoms with Crippen LogP contribution in [-0.2, 0) is 4.79 Å². The van der Waals surface area contributed by atoms with Crippen molar-refractivity contribution >= 4 is 23.2 Å². The summed E-state index contributed by atoms with van der Waals surface area (Å²) in [5, 5.41) is 3.42. The molecular formula is C21H26ClN3O3. The van der Waals surface area contributed by atoms with Gasteiger partial charge in [-0.05, 0) is 37.6 Å². The zero-order valence-electron chi connectivity index (χ0n) is 16.4. The van der Waals surface area contributed by atoms with Gasteiger partial charge in [0.25, 0.3) is 0 Å². The average molecular weight is 404 g/mol. The van der Waals surface area contributed by atoms with Gasteiger partial charge in [0.2, 0.25) is 11.8 Å². The van der Waals surface area contributed by atoms with Gasteiger partial charge >= 0.3 is 0 Å². The van der Waals surface area contributed by atoms with Gasteiger partial charge in [0.15, 0.2) is 0 Å². The lowest BCUT2D eigenvalue weighted by Gasteiger charge is -2.21. The van der Waals surface area contributed by atoms with E-state index in [2.05, 4.69) is 15.2 Å². The average Bonchev–Trinajstić information content (AvgIpc) is 3.12. The molecule has 0 radical (unpaired) electrons. The number of ether oxygens (including phenoxy) is 2. The number of aromatic nitrogens is 1. The molecule has 1 aromatic carbocycles. The van der Waals surface area contributed by atoms with E-state index in [1.165, 1.54) is 6.92 Å². The highest BCUT2D eigenvalue weighted by Crippen LogP contribution is 2.35. The Labute approximate surface area is 170 Å². The Bertz CT molecular complexity index is 813. The summed E-state index contributed by atoms with van der Waals surface area (Å²) in [6, 6.07) is 9.74. The van der Waals surface area contributed by atoms with Crippen molar-refractivity contribution in [2.75, 3.05) is 24.6 Å². The fourth-order valence-corrected chi connectivity index (χ4v) is 3.64. The van der Waals surface area contributed by atoms with Gasteiger partial charge in [-0.2, -0.15) is 0 Å². The number of halogens is 1. The fourth-order valence-electron chi connectivity index (χ4n) is 3.36. The Balaban J connectivity index is 1.61. The van der Waals surface area contributed by atoms with E-state index >= 15 is 0 Å². The van der Waals surface area contributed by atoms with E-state index in [9.17, 15) is 4.79 Å². The molecule has 1 N–H and O–H groups in total. The van der Waals surface area contributed by atoms with Crippen LogP contribution in [0.1, 0.15) is 38.8 Å². The number of nitrogens with one attached hydrogen (secondary N) is 1. The number of rotatable bonds is 7. The first-order valence-corrected chi connectivity index (χ1v) is 9.91. The van der Waals surface area contributed by atoms with Crippen molar-refractivity contribution in [1.29, 1.82) is 0 Å². The lowest BCUT2D eigenvalue weighted by molar-refractivity contribution is -0.119. The predicted molar refractivity (Wildman–Crippen MR) is 110 cm³/mol. The molecule has 1 fully saturated rings. The first kappa shape index (κ1) is 20.3. The first-order chi connectivity index (χ1) is 13.5. The van der Waals surface area contributed by atoms with E-state index in [1.54, 1.807) is 6.20 Å². The predicted octanol–water partition coefficient (Wildman–Crippen LogP) is 3.99. The number of anilines is 1. The molecule has 2 aromatic rings. The minimum atomic E-state index is -0.0406. The third-order valence-corrected chi connectivity index (χ3v) is 5.06. The zero-order valence-corrected chi connectivity index (χ0v) is 17.2. The van der Waals surface area contributed by atoms with Crippen LogP contribution in [0.3, 0.4) is 0 Å². The van der Waals surface area contributed by atoms with E-state index in [4.69, 9.17) is 21.1 Å². The third-order valence-electron chi connectivity index (χ3n) is 4.71. The molecule has 7 heteroatoms. The smallest absolute Gasteiger partial charge is 0.234 e. The highest BCUT2D eigenvalue weighted by molar-refractivity contribution is 6.34. The molecule has 0 unspecified atom stereocenters. The second-order valence-electron chi connectivity index (χ2n) is 6.85. The maximum Gasteiger partial charge on any atom is 0.234 e. The van der Waals surface area contributed by atoms with Gasteiger partial charge in [-0.3, -0.25) is 4.79 Å². The van der Waals surface area contributed by atoms with Crippen LogP contribution < -0.4 is 19.7 Å². The molecule has 2 heterocycles. The van der Waals surface area contributed by atoms with Gasteiger partial charge < -0.3 is 19.7 Å². The quantitative estimate of drug-likeness (QED) is 0.757. The molecule has 2 atom stereocenters. The van der Waals surface area contributed by atoms with Crippen molar-refractivity contribution in [3.05, 3.63) is 47.1 Å². The van der Waals surface area contributed by atoms with Crippen LogP contribution in [0, 0.1) is 0 Å². The largest absolute Gasteiger partial charge is 0.489 e. The summed E-state index contributed by atoms with van der Waals surface area (Å²) >= 11 is 6.46. The number of amides is 1. The highest BCUT2D eigenvalue weighted by atomic mass is 35.5. The number of benzene rings is 1. The van der Waals surface area contributed by atoms with Gasteiger partial charge in [0.1, 0.15) is 16.9 Å². The highest BCUT2D eigenvalue weighted by Gasteiger charge is 2.26. The normalized spacial score (nSPS) is 17.3. The number of nitrogens with zero attached hydrogens (tertiary/aromatic N) is 2. The standard InChI is InChI=1S/C21H26ClN3O3/c1-4-27-21-20(22)19(9-11-23-21)25-12-10-18(13-25)28-17-7-5-16(6-8-17)14(2)24-15(3)26/h5-9,11,14,18H,4,10,12-13H2,1-3H3,(H,24,26)/t14-,18+/m0/s1. The van der Waals surface area contributed by atoms with Crippen LogP contribution in [-0.4, -0.2) is 36.7 Å². The van der Waals surface area contributed by atoms with Crippen LogP contribution in [0.5, 0.6) is 11.6 Å². The van der Waals surface area contributed by atoms with Crippen molar-refractivity contribution < 1.29 is 14.3 Å². The van der Waals surface area contributed by atoms with Gasteiger partial charge in [-0.1, -0.05) is 23.7 Å². The molecule has 1 amide bonds. The van der Waals surface area contributed by atoms with E-state index in [0.29, 0.717) is 17.5 Å². The van der Waals surface area contributed by atoms with Gasteiger partial charge in [0.05, 0.1) is 24.9 Å². The number of hydrogen-bond acceptors (Lipinski definition) is 5. The molecule has 0 aliphatic carbocycles. The maximum atomic E-state index is 11.2. The SMILES string of the molecule is CCOc1nccc(N2CC[C@@H](Oc3ccc([C@H](C)NC(C)=O)cc3)C2)c1Cl. The van der Waals surface area contributed by atoms with E-state index in [-0.39, 0.29) is 18.1 Å². The molecule has 1 aliphatic heterocycles. The molecule has 3 rings (SSSR count). The lowest BCUT2D eigenvalue weighted by Crippen LogP contribution is -2.25. The molecule has 6 nitrogen and oxygen atoms in total. The second kappa shape index (κ2) is 9.15. The maximum absolute atomic E-state index is 11.2. The van der Waals surface area contributed by atoms with Crippen molar-refractivity contribution in [1.82, 2.24) is 10.3 Å². The molecule has 1 aliphatic rings. The number of hydrogen-bond donors (Lipinski definition) is 1. The van der Waals surface area contributed by atoms with Crippen molar-refractivity contribution in [2.24, 2.45) is 0 Å². The fraction of sp³-hybridized carbons (Fsp3) is 0.429. The van der Waals surface area contributed by atoms with Crippen molar-refractivity contribution in [2.45, 2.75) is 39.3 Å². The first-order valence-electron chi connectivity index (χ1n) is 9.54. The van der Waals surface area contributed by atoms with Gasteiger partial charge in [-0.25, -0.2) is 4.98 Å². The van der Waals surface area contributed by atoms with Gasteiger partial charge in [0, 0.05) is 26.1 Å². The van der Waals surface area contributed by atoms with Crippen LogP contribution in [0.2, 0.25) is 5.02 Å². The molecule has 0 bridgehead atoms. The Morgan fingerprint density at radius 3 is 2.79 bits per heavy atom. The van der Waals surface area contributed by atoms with Crippen LogP contribution in [0.4, 0.5) is 5.69 Å². The summed E-state index contributed by atoms with van der Waals surface area (Å²) in [6.07, 6.45) is 2.71. The lowest BCUT2D eigenvalue weighted by atomic mass is 10.1. The number of carbonyl (C=O) groups excluding carboxylic acids is 1. The van der Waals surface area contributed by atoms with E-state index in [1.807, 2.05) is 44.2 Å². The summed E-state index contributed by atoms with van der Waals surface area (Å²) in [5.74, 6) is 1.25. The van der Waals surface area contributed by atoms with Crippen LogP contribution in [0.15, 0.2) is 36.5 Å². The molecule has 1 saturated heterocycles. The Kier molecular flexibility index (Phi) is 6.62. The molecule has 1 aromatic heterocycles. The van der Waals surface area contributed by atoms with Crippen LogP contribution in [0.25, 0.3) is 0 Å². The van der Waals surface area contributed by atoms with Crippen LogP contribution >= 0.6 is 11.6 Å². The Morgan fingerprint density at radius 2 is 2.11 bits per heavy atom. The van der Waals surface area contributed by atoms with E-state index in [0.717, 1.165) is 36.5 Å². The Morgan fingerprint density at radius 1 is 1.36 bits per heavy atom. The summed E-state index contributed by atoms with van der Waals surface area (Å²) in [7, 11) is 0. The third kappa shape index (κ3) is 4.87. The zero-order chi connectivity index (χ0) is 20.1. The molecule has 0 spiro atoms. The molecule has 0 saturated carbocycles. The second-order valence-corrected chi connectivity index (χ2v) is 7.23. The van der Waals surface area contributed by atoms with Crippen molar-refractivity contribution in [3.8, 4) is 11.6 Å². The summed E-state index contributed by atoms with van der Waals surface area (Å²) in [6.45, 7) is 7.52. The minimum absolute atomic E-state index is 0.0260. The summed E-state index contributed by atoms with van der Waals surface area (Å²) in [4.78, 5) is 17.6. The number of carbonyl (C=O) groups is 1. The Hall–Kier alpha value is -2.47. The summed E-state index contributed by atoms with van der Waals surface area (Å²) in [5.41, 5.74) is 1.97. The minimum Gasteiger partial charge on any atom is -0.489 e. The summed E-state index contributed by atoms with van der Waals surface area (Å²) < 4.78 is 11.6. The van der Waals surface area contributed by atoms with Gasteiger partial charge in [-0.15, -0.1) is 0 Å². The molecule has 28 heavy (non-hydrogen) atoms. The number of pyridine rings is 1. The van der Waals surface area contributed by atoms with Crippen molar-refractivity contribution in [3.63, 3.8) is 0 Å². The molecular weight excluding hydrogens is 378 g/mol. The molecule has 150 valence electrons. The topological polar surface area (TPSA) is 63.7 Å².